The van der Waals surface area contributed by atoms with Gasteiger partial charge in [-0.1, -0.05) is 182 Å². The van der Waals surface area contributed by atoms with E-state index in [9.17, 15) is 0 Å². The number of hydrogen-bond acceptors (Lipinski definition) is 0. The molecule has 0 aliphatic rings. The van der Waals surface area contributed by atoms with Crippen molar-refractivity contribution < 1.29 is 0 Å². The highest BCUT2D eigenvalue weighted by Gasteiger charge is 2.17. The zero-order chi connectivity index (χ0) is 36.7. The quantitative estimate of drug-likeness (QED) is 0.127. The van der Waals surface area contributed by atoms with Gasteiger partial charge in [-0.25, -0.2) is 0 Å². The summed E-state index contributed by atoms with van der Waals surface area (Å²) in [6.45, 7) is 0. The van der Waals surface area contributed by atoms with Gasteiger partial charge in [0.05, 0.1) is 0 Å². The lowest BCUT2D eigenvalue weighted by atomic mass is 9.86. The molecule has 0 fully saturated rings. The van der Waals surface area contributed by atoms with Gasteiger partial charge in [-0.2, -0.15) is 0 Å². The molecule has 0 N–H and O–H groups in total. The van der Waals surface area contributed by atoms with Crippen molar-refractivity contribution in [1.29, 1.82) is 0 Å². The van der Waals surface area contributed by atoms with Crippen LogP contribution < -0.4 is 0 Å². The molecule has 258 valence electrons. The molecular weight excluding hydrogens is 673 g/mol. The smallest absolute Gasteiger partial charge is 0.00264 e. The van der Waals surface area contributed by atoms with Gasteiger partial charge in [0.2, 0.25) is 0 Å². The SMILES string of the molecule is c1ccc2cc(-c3c4ccccc4cc4c3ccc3c(-c5cccc6c5ccc5c(-c7ccc8ccccc8c7)c7ccccc7cc56)cccc34)ccc2c1. The van der Waals surface area contributed by atoms with Gasteiger partial charge in [0.15, 0.2) is 0 Å². The number of fused-ring (bicyclic) bond motifs is 10. The molecule has 0 heterocycles. The number of rotatable bonds is 3. The van der Waals surface area contributed by atoms with Gasteiger partial charge < -0.3 is 0 Å². The van der Waals surface area contributed by atoms with Crippen molar-refractivity contribution in [3.8, 4) is 33.4 Å². The standard InChI is InChI=1S/C56H34/c1-3-13-37-31-41(25-23-35(37)11-1)55-43-17-7-5-15-39(43)33-53-47-21-9-19-45(49(47)27-29-51(53)55)46-20-10-22-48-50(46)28-30-52-54(48)34-40-16-6-8-18-44(40)56(52)42-26-24-36-12-2-4-14-38(36)32-42/h1-34H. The van der Waals surface area contributed by atoms with Crippen LogP contribution in [0.5, 0.6) is 0 Å². The highest BCUT2D eigenvalue weighted by Crippen LogP contribution is 2.45. The van der Waals surface area contributed by atoms with Crippen molar-refractivity contribution in [2.24, 2.45) is 0 Å². The molecule has 0 nitrogen and oxygen atoms in total. The summed E-state index contributed by atoms with van der Waals surface area (Å²) in [4.78, 5) is 0. The molecule has 0 aliphatic heterocycles. The van der Waals surface area contributed by atoms with Crippen molar-refractivity contribution in [2.45, 2.75) is 0 Å². The molecule has 0 amide bonds. The minimum absolute atomic E-state index is 1.25. The van der Waals surface area contributed by atoms with Gasteiger partial charge in [0.1, 0.15) is 0 Å². The van der Waals surface area contributed by atoms with Crippen LogP contribution in [0.1, 0.15) is 0 Å². The van der Waals surface area contributed by atoms with E-state index in [1.165, 1.54) is 120 Å². The summed E-state index contributed by atoms with van der Waals surface area (Å²) in [5.74, 6) is 0. The third kappa shape index (κ3) is 4.66. The fourth-order valence-electron chi connectivity index (χ4n) is 9.59. The molecule has 0 heteroatoms. The fourth-order valence-corrected chi connectivity index (χ4v) is 9.59. The van der Waals surface area contributed by atoms with Gasteiger partial charge in [-0.15, -0.1) is 0 Å². The van der Waals surface area contributed by atoms with Crippen molar-refractivity contribution >= 4 is 86.2 Å². The van der Waals surface area contributed by atoms with Crippen LogP contribution in [0.15, 0.2) is 206 Å². The largest absolute Gasteiger partial charge is 0.0616 e. The predicted octanol–water partition coefficient (Wildman–Crippen LogP) is 15.9. The van der Waals surface area contributed by atoms with E-state index in [2.05, 4.69) is 206 Å². The highest BCUT2D eigenvalue weighted by atomic mass is 14.2. The molecule has 56 heavy (non-hydrogen) atoms. The maximum Gasteiger partial charge on any atom is -0.00264 e. The van der Waals surface area contributed by atoms with Gasteiger partial charge in [0.25, 0.3) is 0 Å². The first-order chi connectivity index (χ1) is 27.8. The normalized spacial score (nSPS) is 11.9. The second-order valence-electron chi connectivity index (χ2n) is 15.2. The van der Waals surface area contributed by atoms with Gasteiger partial charge in [-0.3, -0.25) is 0 Å². The molecule has 12 aromatic carbocycles. The van der Waals surface area contributed by atoms with Crippen LogP contribution in [0, 0.1) is 0 Å². The van der Waals surface area contributed by atoms with Gasteiger partial charge >= 0.3 is 0 Å². The molecule has 0 aromatic heterocycles. The molecule has 0 saturated heterocycles. The maximum atomic E-state index is 2.40. The monoisotopic (exact) mass is 706 g/mol. The maximum absolute atomic E-state index is 2.40. The molecule has 0 unspecified atom stereocenters. The van der Waals surface area contributed by atoms with Crippen molar-refractivity contribution in [3.63, 3.8) is 0 Å². The molecule has 0 spiro atoms. The van der Waals surface area contributed by atoms with Gasteiger partial charge in [0, 0.05) is 0 Å². The lowest BCUT2D eigenvalue weighted by molar-refractivity contribution is 1.69. The first kappa shape index (κ1) is 31.1. The molecule has 12 aromatic rings. The number of hydrogen-bond donors (Lipinski definition) is 0. The average Bonchev–Trinajstić information content (AvgIpc) is 3.26. The second kappa shape index (κ2) is 12.1. The van der Waals surface area contributed by atoms with E-state index < -0.39 is 0 Å². The topological polar surface area (TPSA) is 0 Å². The van der Waals surface area contributed by atoms with Crippen LogP contribution >= 0.6 is 0 Å². The van der Waals surface area contributed by atoms with Crippen LogP contribution in [0.3, 0.4) is 0 Å². The van der Waals surface area contributed by atoms with E-state index in [-0.39, 0.29) is 0 Å². The van der Waals surface area contributed by atoms with Crippen LogP contribution in [0.25, 0.3) is 120 Å². The third-order valence-electron chi connectivity index (χ3n) is 12.2. The summed E-state index contributed by atoms with van der Waals surface area (Å²) in [7, 11) is 0. The molecule has 12 rings (SSSR count). The Morgan fingerprint density at radius 3 is 1.02 bits per heavy atom. The lowest BCUT2D eigenvalue weighted by Crippen LogP contribution is -1.90. The third-order valence-corrected chi connectivity index (χ3v) is 12.2. The summed E-state index contributed by atoms with van der Waals surface area (Å²) in [6.07, 6.45) is 0. The minimum atomic E-state index is 1.25. The molecular formula is C56H34. The predicted molar refractivity (Wildman–Crippen MR) is 243 cm³/mol. The van der Waals surface area contributed by atoms with E-state index in [1.807, 2.05) is 0 Å². The van der Waals surface area contributed by atoms with Crippen LogP contribution in [0.4, 0.5) is 0 Å². The Morgan fingerprint density at radius 2 is 0.554 bits per heavy atom. The van der Waals surface area contributed by atoms with E-state index >= 15 is 0 Å². The van der Waals surface area contributed by atoms with Crippen molar-refractivity contribution in [3.05, 3.63) is 206 Å². The summed E-state index contributed by atoms with van der Waals surface area (Å²) >= 11 is 0. The van der Waals surface area contributed by atoms with Crippen molar-refractivity contribution in [1.82, 2.24) is 0 Å². The molecule has 0 bridgehead atoms. The molecule has 0 atom stereocenters. The number of benzene rings is 12. The Kier molecular flexibility index (Phi) is 6.73. The molecule has 0 saturated carbocycles. The Bertz CT molecular complexity index is 3350. The zero-order valence-corrected chi connectivity index (χ0v) is 30.6. The van der Waals surface area contributed by atoms with Crippen molar-refractivity contribution in [2.75, 3.05) is 0 Å². The van der Waals surface area contributed by atoms with E-state index in [0.29, 0.717) is 0 Å². The first-order valence-electron chi connectivity index (χ1n) is 19.5. The van der Waals surface area contributed by atoms with Gasteiger partial charge in [-0.05, 0) is 144 Å². The fraction of sp³-hybridized carbons (Fsp3) is 0. The summed E-state index contributed by atoms with van der Waals surface area (Å²) in [6, 6.07) is 76.8. The summed E-state index contributed by atoms with van der Waals surface area (Å²) in [5, 5.41) is 20.3. The zero-order valence-electron chi connectivity index (χ0n) is 30.6. The average molecular weight is 707 g/mol. The van der Waals surface area contributed by atoms with E-state index in [4.69, 9.17) is 0 Å². The molecule has 0 aliphatic carbocycles. The van der Waals surface area contributed by atoms with Crippen LogP contribution in [-0.2, 0) is 0 Å². The van der Waals surface area contributed by atoms with Crippen LogP contribution in [-0.4, -0.2) is 0 Å². The Hall–Kier alpha value is -7.28. The molecule has 0 radical (unpaired) electrons. The Morgan fingerprint density at radius 1 is 0.179 bits per heavy atom. The Labute approximate surface area is 324 Å². The first-order valence-corrected chi connectivity index (χ1v) is 19.5. The highest BCUT2D eigenvalue weighted by molar-refractivity contribution is 6.25. The summed E-state index contributed by atoms with van der Waals surface area (Å²) in [5.41, 5.74) is 7.59. The summed E-state index contributed by atoms with van der Waals surface area (Å²) < 4.78 is 0. The van der Waals surface area contributed by atoms with E-state index in [0.717, 1.165) is 0 Å². The Balaban J connectivity index is 1.10. The lowest BCUT2D eigenvalue weighted by Gasteiger charge is -2.18. The van der Waals surface area contributed by atoms with E-state index in [1.54, 1.807) is 0 Å². The second-order valence-corrected chi connectivity index (χ2v) is 15.2. The minimum Gasteiger partial charge on any atom is -0.0616 e. The van der Waals surface area contributed by atoms with Crippen LogP contribution in [0.2, 0.25) is 0 Å².